The van der Waals surface area contributed by atoms with E-state index in [2.05, 4.69) is 5.32 Å². The number of amides is 1. The minimum absolute atomic E-state index is 0.221. The molecule has 0 bridgehead atoms. The van der Waals surface area contributed by atoms with Gasteiger partial charge in [-0.25, -0.2) is 8.42 Å². The molecule has 6 nitrogen and oxygen atoms in total. The van der Waals surface area contributed by atoms with Crippen molar-refractivity contribution in [3.8, 4) is 5.75 Å². The molecule has 0 atom stereocenters. The summed E-state index contributed by atoms with van der Waals surface area (Å²) in [6.45, 7) is 2.80. The second-order valence-corrected chi connectivity index (χ2v) is 9.64. The number of aryl methyl sites for hydroxylation is 1. The maximum absolute atomic E-state index is 12.4. The first kappa shape index (κ1) is 23.6. The van der Waals surface area contributed by atoms with Crippen LogP contribution in [-0.4, -0.2) is 33.7 Å². The second kappa shape index (κ2) is 10.5. The van der Waals surface area contributed by atoms with E-state index in [0.29, 0.717) is 35.2 Å². The van der Waals surface area contributed by atoms with Crippen molar-refractivity contribution in [3.63, 3.8) is 0 Å². The standard InChI is InChI=1S/C24H25ClN2O4S/c1-18-5-3-4-6-20(18)17-27(32(2,29)30)22-11-7-19(8-12-22)24(28)26-15-16-31-23-13-9-21(25)10-14-23/h3-14H,15-17H2,1-2H3,(H,26,28). The SMILES string of the molecule is Cc1ccccc1CN(c1ccc(C(=O)NCCOc2ccc(Cl)cc2)cc1)S(C)(=O)=O. The number of anilines is 1. The van der Waals surface area contributed by atoms with E-state index in [4.69, 9.17) is 16.3 Å². The van der Waals surface area contributed by atoms with Gasteiger partial charge in [0.05, 0.1) is 25.0 Å². The zero-order valence-corrected chi connectivity index (χ0v) is 19.5. The van der Waals surface area contributed by atoms with Gasteiger partial charge >= 0.3 is 0 Å². The number of rotatable bonds is 9. The molecular weight excluding hydrogens is 448 g/mol. The summed E-state index contributed by atoms with van der Waals surface area (Å²) in [4.78, 5) is 12.4. The molecule has 0 aliphatic rings. The number of carbonyl (C=O) groups excluding carboxylic acids is 1. The van der Waals surface area contributed by atoms with Gasteiger partial charge in [-0.15, -0.1) is 0 Å². The van der Waals surface area contributed by atoms with Crippen LogP contribution in [-0.2, 0) is 16.6 Å². The molecule has 0 saturated carbocycles. The molecule has 0 radical (unpaired) electrons. The minimum atomic E-state index is -3.50. The van der Waals surface area contributed by atoms with Crippen molar-refractivity contribution in [1.82, 2.24) is 5.32 Å². The van der Waals surface area contributed by atoms with E-state index in [-0.39, 0.29) is 12.5 Å². The fourth-order valence-corrected chi connectivity index (χ4v) is 4.09. The minimum Gasteiger partial charge on any atom is -0.492 e. The molecule has 0 aromatic heterocycles. The first-order chi connectivity index (χ1) is 15.2. The topological polar surface area (TPSA) is 75.7 Å². The summed E-state index contributed by atoms with van der Waals surface area (Å²) in [6, 6.07) is 21.1. The lowest BCUT2D eigenvalue weighted by Gasteiger charge is -2.23. The molecule has 0 fully saturated rings. The van der Waals surface area contributed by atoms with Crippen LogP contribution in [0.3, 0.4) is 0 Å². The Morgan fingerprint density at radius 3 is 2.28 bits per heavy atom. The molecule has 1 N–H and O–H groups in total. The van der Waals surface area contributed by atoms with Crippen LogP contribution in [0.2, 0.25) is 5.02 Å². The molecule has 0 aliphatic heterocycles. The van der Waals surface area contributed by atoms with Crippen LogP contribution in [0.4, 0.5) is 5.69 Å². The van der Waals surface area contributed by atoms with Crippen LogP contribution < -0.4 is 14.4 Å². The summed E-state index contributed by atoms with van der Waals surface area (Å²) in [6.07, 6.45) is 1.17. The van der Waals surface area contributed by atoms with Crippen LogP contribution in [0, 0.1) is 6.92 Å². The van der Waals surface area contributed by atoms with Crippen molar-refractivity contribution in [3.05, 3.63) is 94.5 Å². The Bertz CT molecular complexity index is 1160. The zero-order valence-electron chi connectivity index (χ0n) is 17.9. The highest BCUT2D eigenvalue weighted by molar-refractivity contribution is 7.92. The lowest BCUT2D eigenvalue weighted by molar-refractivity contribution is 0.0947. The number of nitrogens with one attached hydrogen (secondary N) is 1. The van der Waals surface area contributed by atoms with Gasteiger partial charge in [0, 0.05) is 10.6 Å². The Morgan fingerprint density at radius 2 is 1.66 bits per heavy atom. The monoisotopic (exact) mass is 472 g/mol. The molecule has 0 aliphatic carbocycles. The maximum Gasteiger partial charge on any atom is 0.251 e. The van der Waals surface area contributed by atoms with Gasteiger partial charge in [-0.1, -0.05) is 35.9 Å². The predicted octanol–water partition coefficient (Wildman–Crippen LogP) is 4.42. The van der Waals surface area contributed by atoms with Gasteiger partial charge < -0.3 is 10.1 Å². The summed E-state index contributed by atoms with van der Waals surface area (Å²) < 4.78 is 31.7. The van der Waals surface area contributed by atoms with E-state index in [1.807, 2.05) is 31.2 Å². The van der Waals surface area contributed by atoms with Gasteiger partial charge in [0.2, 0.25) is 10.0 Å². The molecule has 3 aromatic carbocycles. The van der Waals surface area contributed by atoms with Gasteiger partial charge in [-0.3, -0.25) is 9.10 Å². The largest absolute Gasteiger partial charge is 0.492 e. The summed E-state index contributed by atoms with van der Waals surface area (Å²) in [7, 11) is -3.50. The molecule has 0 heterocycles. The number of benzene rings is 3. The van der Waals surface area contributed by atoms with Crippen LogP contribution in [0.5, 0.6) is 5.75 Å². The van der Waals surface area contributed by atoms with Gasteiger partial charge in [-0.05, 0) is 66.6 Å². The average Bonchev–Trinajstić information content (AvgIpc) is 2.76. The Hall–Kier alpha value is -3.03. The lowest BCUT2D eigenvalue weighted by atomic mass is 10.1. The van der Waals surface area contributed by atoms with Crippen molar-refractivity contribution in [2.24, 2.45) is 0 Å². The van der Waals surface area contributed by atoms with Gasteiger partial charge in [0.1, 0.15) is 12.4 Å². The van der Waals surface area contributed by atoms with E-state index >= 15 is 0 Å². The molecule has 0 spiro atoms. The lowest BCUT2D eigenvalue weighted by Crippen LogP contribution is -2.30. The van der Waals surface area contributed by atoms with Crippen molar-refractivity contribution >= 4 is 33.2 Å². The maximum atomic E-state index is 12.4. The summed E-state index contributed by atoms with van der Waals surface area (Å²) >= 11 is 5.84. The normalized spacial score (nSPS) is 11.1. The third kappa shape index (κ3) is 6.48. The number of hydrogen-bond acceptors (Lipinski definition) is 4. The fraction of sp³-hybridized carbons (Fsp3) is 0.208. The molecule has 32 heavy (non-hydrogen) atoms. The number of hydrogen-bond donors (Lipinski definition) is 1. The molecular formula is C24H25ClN2O4S. The molecule has 168 valence electrons. The van der Waals surface area contributed by atoms with Crippen LogP contribution in [0.25, 0.3) is 0 Å². The summed E-state index contributed by atoms with van der Waals surface area (Å²) in [5, 5.41) is 3.41. The molecule has 3 aromatic rings. The van der Waals surface area contributed by atoms with E-state index in [1.165, 1.54) is 10.6 Å². The van der Waals surface area contributed by atoms with Gasteiger partial charge in [0.15, 0.2) is 0 Å². The predicted molar refractivity (Wildman–Crippen MR) is 128 cm³/mol. The van der Waals surface area contributed by atoms with Crippen molar-refractivity contribution < 1.29 is 17.9 Å². The number of nitrogens with zero attached hydrogens (tertiary/aromatic N) is 1. The summed E-state index contributed by atoms with van der Waals surface area (Å²) in [5.74, 6) is 0.406. The number of halogens is 1. The number of carbonyl (C=O) groups is 1. The third-order valence-electron chi connectivity index (χ3n) is 4.86. The fourth-order valence-electron chi connectivity index (χ4n) is 3.09. The zero-order chi connectivity index (χ0) is 23.1. The average molecular weight is 473 g/mol. The highest BCUT2D eigenvalue weighted by Crippen LogP contribution is 2.22. The van der Waals surface area contributed by atoms with Crippen LogP contribution in [0.1, 0.15) is 21.5 Å². The number of ether oxygens (including phenoxy) is 1. The smallest absolute Gasteiger partial charge is 0.251 e. The Morgan fingerprint density at radius 1 is 1.00 bits per heavy atom. The molecule has 3 rings (SSSR count). The molecule has 0 unspecified atom stereocenters. The quantitative estimate of drug-likeness (QED) is 0.467. The van der Waals surface area contributed by atoms with E-state index in [0.717, 1.165) is 11.1 Å². The van der Waals surface area contributed by atoms with Crippen molar-refractivity contribution in [2.75, 3.05) is 23.7 Å². The van der Waals surface area contributed by atoms with Gasteiger partial charge in [-0.2, -0.15) is 0 Å². The molecule has 8 heteroatoms. The van der Waals surface area contributed by atoms with E-state index in [1.54, 1.807) is 48.5 Å². The Labute approximate surface area is 193 Å². The Kier molecular flexibility index (Phi) is 7.77. The highest BCUT2D eigenvalue weighted by Gasteiger charge is 2.19. The van der Waals surface area contributed by atoms with Gasteiger partial charge in [0.25, 0.3) is 5.91 Å². The first-order valence-electron chi connectivity index (χ1n) is 10.0. The number of sulfonamides is 1. The van der Waals surface area contributed by atoms with E-state index < -0.39 is 10.0 Å². The molecule has 1 amide bonds. The third-order valence-corrected chi connectivity index (χ3v) is 6.26. The Balaban J connectivity index is 1.61. The summed E-state index contributed by atoms with van der Waals surface area (Å²) in [5.41, 5.74) is 2.86. The van der Waals surface area contributed by atoms with Crippen LogP contribution >= 0.6 is 11.6 Å². The highest BCUT2D eigenvalue weighted by atomic mass is 35.5. The second-order valence-electron chi connectivity index (χ2n) is 7.30. The van der Waals surface area contributed by atoms with Crippen LogP contribution in [0.15, 0.2) is 72.8 Å². The van der Waals surface area contributed by atoms with E-state index in [9.17, 15) is 13.2 Å². The van der Waals surface area contributed by atoms with Crippen molar-refractivity contribution in [1.29, 1.82) is 0 Å². The van der Waals surface area contributed by atoms with Crippen molar-refractivity contribution in [2.45, 2.75) is 13.5 Å². The first-order valence-corrected chi connectivity index (χ1v) is 12.3. The molecule has 0 saturated heterocycles.